The van der Waals surface area contributed by atoms with Crippen molar-refractivity contribution in [2.24, 2.45) is 11.8 Å². The molecule has 0 aromatic rings. The number of hydrogen-bond donors (Lipinski definition) is 2. The molecule has 0 aliphatic heterocycles. The van der Waals surface area contributed by atoms with Crippen LogP contribution in [-0.2, 0) is 9.59 Å². The fourth-order valence-corrected chi connectivity index (χ4v) is 1.10. The van der Waals surface area contributed by atoms with E-state index in [1.165, 1.54) is 0 Å². The maximum atomic E-state index is 11.7. The fraction of sp³-hybridized carbons (Fsp3) is 0.667. The van der Waals surface area contributed by atoms with Gasteiger partial charge in [0.2, 0.25) is 5.91 Å². The van der Waals surface area contributed by atoms with Gasteiger partial charge in [0.25, 0.3) is 0 Å². The summed E-state index contributed by atoms with van der Waals surface area (Å²) in [6.07, 6.45) is 3.83. The Morgan fingerprint density at radius 3 is 2.25 bits per heavy atom. The molecular weight excluding hydrogens is 206 g/mol. The molecule has 2 unspecified atom stereocenters. The van der Waals surface area contributed by atoms with Crippen LogP contribution >= 0.6 is 0 Å². The van der Waals surface area contributed by atoms with Crippen LogP contribution in [0.3, 0.4) is 0 Å². The van der Waals surface area contributed by atoms with Crippen molar-refractivity contribution in [1.29, 1.82) is 0 Å². The highest BCUT2D eigenvalue weighted by Crippen LogP contribution is 2.10. The summed E-state index contributed by atoms with van der Waals surface area (Å²) in [5.41, 5.74) is 0. The Morgan fingerprint density at radius 2 is 1.88 bits per heavy atom. The lowest BCUT2D eigenvalue weighted by atomic mass is 9.97. The second kappa shape index (κ2) is 7.04. The van der Waals surface area contributed by atoms with Gasteiger partial charge in [0.15, 0.2) is 0 Å². The van der Waals surface area contributed by atoms with E-state index in [0.717, 1.165) is 0 Å². The van der Waals surface area contributed by atoms with E-state index < -0.39 is 12.0 Å². The van der Waals surface area contributed by atoms with E-state index in [1.54, 1.807) is 19.1 Å². The average Bonchev–Trinajstić information content (AvgIpc) is 2.21. The average molecular weight is 227 g/mol. The van der Waals surface area contributed by atoms with Crippen LogP contribution in [0, 0.1) is 11.8 Å². The van der Waals surface area contributed by atoms with Gasteiger partial charge in [-0.2, -0.15) is 0 Å². The molecule has 16 heavy (non-hydrogen) atoms. The maximum absolute atomic E-state index is 11.7. The lowest BCUT2D eigenvalue weighted by Gasteiger charge is -2.18. The van der Waals surface area contributed by atoms with Gasteiger partial charge in [-0.05, 0) is 19.3 Å². The summed E-state index contributed by atoms with van der Waals surface area (Å²) in [6.45, 7) is 7.49. The first-order chi connectivity index (χ1) is 7.40. The zero-order valence-corrected chi connectivity index (χ0v) is 10.4. The number of amides is 1. The predicted molar refractivity (Wildman–Crippen MR) is 63.0 cm³/mol. The van der Waals surface area contributed by atoms with Crippen LogP contribution in [-0.4, -0.2) is 23.0 Å². The number of allylic oxidation sites excluding steroid dienone is 1. The molecule has 0 fully saturated rings. The number of hydrogen-bond acceptors (Lipinski definition) is 2. The van der Waals surface area contributed by atoms with Crippen LogP contribution in [0.15, 0.2) is 12.2 Å². The minimum atomic E-state index is -0.998. The van der Waals surface area contributed by atoms with E-state index in [4.69, 9.17) is 5.11 Å². The number of aliphatic carboxylic acids is 1. The Kier molecular flexibility index (Phi) is 6.46. The Labute approximate surface area is 96.7 Å². The van der Waals surface area contributed by atoms with Crippen molar-refractivity contribution >= 4 is 11.9 Å². The van der Waals surface area contributed by atoms with Crippen LogP contribution in [0.4, 0.5) is 0 Å². The summed E-state index contributed by atoms with van der Waals surface area (Å²) < 4.78 is 0. The molecule has 0 rings (SSSR count). The SMILES string of the molecule is C/C=C/CC(NC(=O)C(C)C(C)C)C(=O)O. The first-order valence-electron chi connectivity index (χ1n) is 5.54. The predicted octanol–water partition coefficient (Wildman–Crippen LogP) is 1.81. The highest BCUT2D eigenvalue weighted by molar-refractivity contribution is 5.84. The van der Waals surface area contributed by atoms with Gasteiger partial charge < -0.3 is 10.4 Å². The Morgan fingerprint density at radius 1 is 1.31 bits per heavy atom. The maximum Gasteiger partial charge on any atom is 0.326 e. The molecule has 2 atom stereocenters. The molecule has 0 saturated carbocycles. The summed E-state index contributed by atoms with van der Waals surface area (Å²) in [5.74, 6) is -1.17. The van der Waals surface area contributed by atoms with E-state index in [-0.39, 0.29) is 17.7 Å². The molecule has 0 aromatic heterocycles. The monoisotopic (exact) mass is 227 g/mol. The van der Waals surface area contributed by atoms with Gasteiger partial charge in [-0.25, -0.2) is 4.79 Å². The second-order valence-electron chi connectivity index (χ2n) is 4.24. The van der Waals surface area contributed by atoms with Crippen molar-refractivity contribution in [2.75, 3.05) is 0 Å². The molecule has 0 aliphatic carbocycles. The van der Waals surface area contributed by atoms with Crippen molar-refractivity contribution in [1.82, 2.24) is 5.32 Å². The third kappa shape index (κ3) is 4.96. The van der Waals surface area contributed by atoms with Crippen LogP contribution in [0.1, 0.15) is 34.1 Å². The zero-order valence-electron chi connectivity index (χ0n) is 10.4. The Bertz CT molecular complexity index is 271. The summed E-state index contributed by atoms with van der Waals surface area (Å²) in [7, 11) is 0. The first-order valence-corrected chi connectivity index (χ1v) is 5.54. The van der Waals surface area contributed by atoms with Crippen molar-refractivity contribution in [3.05, 3.63) is 12.2 Å². The minimum absolute atomic E-state index is 0.174. The van der Waals surface area contributed by atoms with Gasteiger partial charge in [-0.15, -0.1) is 0 Å². The molecule has 1 amide bonds. The number of nitrogens with one attached hydrogen (secondary N) is 1. The van der Waals surface area contributed by atoms with E-state index >= 15 is 0 Å². The molecule has 4 heteroatoms. The van der Waals surface area contributed by atoms with E-state index in [2.05, 4.69) is 5.32 Å². The van der Waals surface area contributed by atoms with Crippen molar-refractivity contribution in [3.63, 3.8) is 0 Å². The van der Waals surface area contributed by atoms with Gasteiger partial charge in [-0.1, -0.05) is 32.9 Å². The second-order valence-corrected chi connectivity index (χ2v) is 4.24. The zero-order chi connectivity index (χ0) is 12.7. The van der Waals surface area contributed by atoms with Crippen molar-refractivity contribution < 1.29 is 14.7 Å². The Hall–Kier alpha value is -1.32. The highest BCUT2D eigenvalue weighted by Gasteiger charge is 2.23. The lowest BCUT2D eigenvalue weighted by Crippen LogP contribution is -2.43. The molecule has 0 heterocycles. The molecule has 2 N–H and O–H groups in total. The van der Waals surface area contributed by atoms with Gasteiger partial charge in [0.05, 0.1) is 0 Å². The number of carboxylic acids is 1. The normalized spacial score (nSPS) is 15.1. The largest absolute Gasteiger partial charge is 0.480 e. The van der Waals surface area contributed by atoms with Gasteiger partial charge in [-0.3, -0.25) is 4.79 Å². The molecule has 92 valence electrons. The molecule has 0 saturated heterocycles. The van der Waals surface area contributed by atoms with Gasteiger partial charge in [0, 0.05) is 5.92 Å². The summed E-state index contributed by atoms with van der Waals surface area (Å²) in [4.78, 5) is 22.5. The number of rotatable bonds is 6. The van der Waals surface area contributed by atoms with Crippen molar-refractivity contribution in [2.45, 2.75) is 40.2 Å². The van der Waals surface area contributed by atoms with Crippen LogP contribution < -0.4 is 5.32 Å². The molecule has 0 spiro atoms. The highest BCUT2D eigenvalue weighted by atomic mass is 16.4. The topological polar surface area (TPSA) is 66.4 Å². The summed E-state index contributed by atoms with van der Waals surface area (Å²) >= 11 is 0. The minimum Gasteiger partial charge on any atom is -0.480 e. The molecule has 0 radical (unpaired) electrons. The van der Waals surface area contributed by atoms with Crippen LogP contribution in [0.2, 0.25) is 0 Å². The third-order valence-electron chi connectivity index (χ3n) is 2.64. The fourth-order valence-electron chi connectivity index (χ4n) is 1.10. The molecule has 0 aliphatic rings. The summed E-state index contributed by atoms with van der Waals surface area (Å²) in [6, 6.07) is -0.829. The molecular formula is C12H21NO3. The van der Waals surface area contributed by atoms with Gasteiger partial charge >= 0.3 is 5.97 Å². The smallest absolute Gasteiger partial charge is 0.326 e. The Balaban J connectivity index is 4.40. The summed E-state index contributed by atoms with van der Waals surface area (Å²) in [5, 5.41) is 11.5. The van der Waals surface area contributed by atoms with E-state index in [0.29, 0.717) is 6.42 Å². The number of carbonyl (C=O) groups is 2. The molecule has 0 bridgehead atoms. The molecule has 0 aromatic carbocycles. The quantitative estimate of drug-likeness (QED) is 0.680. The van der Waals surface area contributed by atoms with Gasteiger partial charge in [0.1, 0.15) is 6.04 Å². The van der Waals surface area contributed by atoms with E-state index in [1.807, 2.05) is 20.8 Å². The molecule has 4 nitrogen and oxygen atoms in total. The van der Waals surface area contributed by atoms with Crippen molar-refractivity contribution in [3.8, 4) is 0 Å². The van der Waals surface area contributed by atoms with Crippen LogP contribution in [0.5, 0.6) is 0 Å². The third-order valence-corrected chi connectivity index (χ3v) is 2.64. The number of carboxylic acid groups (broad SMARTS) is 1. The standard InChI is InChI=1S/C12H21NO3/c1-5-6-7-10(12(15)16)13-11(14)9(4)8(2)3/h5-6,8-10H,7H2,1-4H3,(H,13,14)(H,15,16)/b6-5+. The lowest BCUT2D eigenvalue weighted by molar-refractivity contribution is -0.142. The van der Waals surface area contributed by atoms with E-state index in [9.17, 15) is 9.59 Å². The number of carbonyl (C=O) groups excluding carboxylic acids is 1. The van der Waals surface area contributed by atoms with Crippen LogP contribution in [0.25, 0.3) is 0 Å². The first kappa shape index (κ1) is 14.7.